The molecule has 74 valence electrons. The van der Waals surface area contributed by atoms with Crippen molar-refractivity contribution in [2.24, 2.45) is 0 Å². The van der Waals surface area contributed by atoms with Crippen molar-refractivity contribution in [2.75, 3.05) is 13.2 Å². The van der Waals surface area contributed by atoms with E-state index in [9.17, 15) is 4.79 Å². The zero-order valence-corrected chi connectivity index (χ0v) is 8.67. The lowest BCUT2D eigenvalue weighted by molar-refractivity contribution is -0.0499. The van der Waals surface area contributed by atoms with Gasteiger partial charge in [-0.05, 0) is 11.6 Å². The van der Waals surface area contributed by atoms with Crippen LogP contribution < -0.4 is 0 Å². The molecule has 1 aromatic rings. The molecule has 0 unspecified atom stereocenters. The minimum absolute atomic E-state index is 0.0263. The highest BCUT2D eigenvalue weighted by atomic mass is 35.5. The summed E-state index contributed by atoms with van der Waals surface area (Å²) in [5.74, 6) is 0. The zero-order chi connectivity index (χ0) is 10.2. The number of ether oxygens (including phenoxy) is 1. The molecule has 1 aromatic carbocycles. The van der Waals surface area contributed by atoms with E-state index >= 15 is 0 Å². The van der Waals surface area contributed by atoms with E-state index in [4.69, 9.17) is 16.3 Å². The normalized spacial score (nSPS) is 18.7. The third kappa shape index (κ3) is 1.45. The molecule has 2 rings (SSSR count). The van der Waals surface area contributed by atoms with Crippen molar-refractivity contribution in [1.29, 1.82) is 0 Å². The second-order valence-electron chi connectivity index (χ2n) is 3.91. The Balaban J connectivity index is 2.39. The maximum atomic E-state index is 10.5. The third-order valence-electron chi connectivity index (χ3n) is 2.62. The van der Waals surface area contributed by atoms with Crippen LogP contribution >= 0.6 is 11.6 Å². The van der Waals surface area contributed by atoms with E-state index in [1.165, 1.54) is 0 Å². The molecule has 1 heterocycles. The fourth-order valence-electron chi connectivity index (χ4n) is 1.66. The summed E-state index contributed by atoms with van der Waals surface area (Å²) in [5.41, 5.74) is 1.71. The molecule has 0 saturated carbocycles. The summed E-state index contributed by atoms with van der Waals surface area (Å²) in [5, 5.41) is 0.653. The van der Waals surface area contributed by atoms with Crippen LogP contribution in [0.2, 0.25) is 5.02 Å². The molecule has 0 aliphatic carbocycles. The highest BCUT2D eigenvalue weighted by Crippen LogP contribution is 2.36. The van der Waals surface area contributed by atoms with Crippen LogP contribution in [0.5, 0.6) is 0 Å². The fraction of sp³-hybridized carbons (Fsp3) is 0.364. The second-order valence-corrected chi connectivity index (χ2v) is 4.32. The number of carbonyl (C=O) groups excluding carboxylic acids is 1. The van der Waals surface area contributed by atoms with Gasteiger partial charge in [-0.15, -0.1) is 0 Å². The predicted molar refractivity (Wildman–Crippen MR) is 55.0 cm³/mol. The number of hydrogen-bond acceptors (Lipinski definition) is 2. The fourth-order valence-corrected chi connectivity index (χ4v) is 2.07. The smallest absolute Gasteiger partial charge is 0.150 e. The average Bonchev–Trinajstić information content (AvgIpc) is 2.14. The van der Waals surface area contributed by atoms with Crippen molar-refractivity contribution in [1.82, 2.24) is 0 Å². The number of halogens is 1. The lowest BCUT2D eigenvalue weighted by Crippen LogP contribution is -2.44. The monoisotopic (exact) mass is 210 g/mol. The molecule has 0 spiro atoms. The van der Waals surface area contributed by atoms with Crippen LogP contribution in [0, 0.1) is 0 Å². The van der Waals surface area contributed by atoms with Gasteiger partial charge in [-0.2, -0.15) is 0 Å². The standard InChI is InChI=1S/C11H11ClO2/c1-11(6-14-7-11)9-3-2-8(5-13)4-10(9)12/h2-5H,6-7H2,1H3. The number of rotatable bonds is 2. The van der Waals surface area contributed by atoms with Crippen molar-refractivity contribution in [2.45, 2.75) is 12.3 Å². The molecule has 1 fully saturated rings. The van der Waals surface area contributed by atoms with Crippen LogP contribution in [0.1, 0.15) is 22.8 Å². The van der Waals surface area contributed by atoms with E-state index in [2.05, 4.69) is 6.92 Å². The van der Waals surface area contributed by atoms with E-state index in [0.717, 1.165) is 11.8 Å². The summed E-state index contributed by atoms with van der Waals surface area (Å²) < 4.78 is 5.18. The molecule has 3 heteroatoms. The van der Waals surface area contributed by atoms with Crippen LogP contribution in [-0.2, 0) is 10.2 Å². The highest BCUT2D eigenvalue weighted by Gasteiger charge is 2.36. The Hall–Kier alpha value is -0.860. The molecule has 0 bridgehead atoms. The Kier molecular flexibility index (Phi) is 2.33. The second kappa shape index (κ2) is 3.37. The minimum Gasteiger partial charge on any atom is -0.379 e. The molecule has 1 aliphatic heterocycles. The molecule has 0 aromatic heterocycles. The maximum Gasteiger partial charge on any atom is 0.150 e. The molecule has 2 nitrogen and oxygen atoms in total. The first kappa shape index (κ1) is 9.69. The van der Waals surface area contributed by atoms with Gasteiger partial charge in [-0.25, -0.2) is 0 Å². The molecule has 0 radical (unpaired) electrons. The van der Waals surface area contributed by atoms with Gasteiger partial charge < -0.3 is 4.74 Å². The molecule has 0 atom stereocenters. The Morgan fingerprint density at radius 1 is 1.50 bits per heavy atom. The molecule has 0 N–H and O–H groups in total. The van der Waals surface area contributed by atoms with E-state index in [1.54, 1.807) is 12.1 Å². The van der Waals surface area contributed by atoms with Crippen molar-refractivity contribution < 1.29 is 9.53 Å². The van der Waals surface area contributed by atoms with Crippen LogP contribution in [-0.4, -0.2) is 19.5 Å². The van der Waals surface area contributed by atoms with Crippen LogP contribution in [0.4, 0.5) is 0 Å². The summed E-state index contributed by atoms with van der Waals surface area (Å²) in [6, 6.07) is 5.40. The van der Waals surface area contributed by atoms with E-state index in [0.29, 0.717) is 23.8 Å². The Morgan fingerprint density at radius 3 is 2.64 bits per heavy atom. The molecule has 1 aliphatic rings. The first-order chi connectivity index (χ1) is 6.65. The van der Waals surface area contributed by atoms with Gasteiger partial charge in [0.05, 0.1) is 13.2 Å². The number of carbonyl (C=O) groups is 1. The van der Waals surface area contributed by atoms with Gasteiger partial charge in [0.25, 0.3) is 0 Å². The number of aldehydes is 1. The SMILES string of the molecule is CC1(c2ccc(C=O)cc2Cl)COC1. The molecular formula is C11H11ClO2. The lowest BCUT2D eigenvalue weighted by Gasteiger charge is -2.39. The summed E-state index contributed by atoms with van der Waals surface area (Å²) in [4.78, 5) is 10.5. The Labute approximate surface area is 87.8 Å². The minimum atomic E-state index is 0.0263. The number of hydrogen-bond donors (Lipinski definition) is 0. The number of benzene rings is 1. The molecule has 0 amide bonds. The van der Waals surface area contributed by atoms with Crippen molar-refractivity contribution >= 4 is 17.9 Å². The Morgan fingerprint density at radius 2 is 2.21 bits per heavy atom. The van der Waals surface area contributed by atoms with E-state index in [-0.39, 0.29) is 5.41 Å². The van der Waals surface area contributed by atoms with E-state index in [1.807, 2.05) is 6.07 Å². The summed E-state index contributed by atoms with van der Waals surface area (Å²) in [6.07, 6.45) is 0.801. The summed E-state index contributed by atoms with van der Waals surface area (Å²) in [6.45, 7) is 3.51. The van der Waals surface area contributed by atoms with Crippen LogP contribution in [0.15, 0.2) is 18.2 Å². The molecular weight excluding hydrogens is 200 g/mol. The van der Waals surface area contributed by atoms with Gasteiger partial charge >= 0.3 is 0 Å². The largest absolute Gasteiger partial charge is 0.379 e. The van der Waals surface area contributed by atoms with Gasteiger partial charge in [-0.3, -0.25) is 4.79 Å². The topological polar surface area (TPSA) is 26.3 Å². The molecule has 14 heavy (non-hydrogen) atoms. The molecule has 1 saturated heterocycles. The van der Waals surface area contributed by atoms with Crippen LogP contribution in [0.3, 0.4) is 0 Å². The van der Waals surface area contributed by atoms with Gasteiger partial charge in [0.15, 0.2) is 0 Å². The van der Waals surface area contributed by atoms with Crippen molar-refractivity contribution in [3.05, 3.63) is 34.3 Å². The lowest BCUT2D eigenvalue weighted by atomic mass is 9.80. The third-order valence-corrected chi connectivity index (χ3v) is 2.93. The summed E-state index contributed by atoms with van der Waals surface area (Å²) >= 11 is 6.09. The predicted octanol–water partition coefficient (Wildman–Crippen LogP) is 2.44. The van der Waals surface area contributed by atoms with Crippen LogP contribution in [0.25, 0.3) is 0 Å². The highest BCUT2D eigenvalue weighted by molar-refractivity contribution is 6.31. The zero-order valence-electron chi connectivity index (χ0n) is 7.92. The quantitative estimate of drug-likeness (QED) is 0.701. The average molecular weight is 211 g/mol. The van der Waals surface area contributed by atoms with Crippen molar-refractivity contribution in [3.63, 3.8) is 0 Å². The van der Waals surface area contributed by atoms with Gasteiger partial charge in [-0.1, -0.05) is 30.7 Å². The maximum absolute atomic E-state index is 10.5. The summed E-state index contributed by atoms with van der Waals surface area (Å²) in [7, 11) is 0. The van der Waals surface area contributed by atoms with E-state index < -0.39 is 0 Å². The van der Waals surface area contributed by atoms with Gasteiger partial charge in [0, 0.05) is 16.0 Å². The first-order valence-electron chi connectivity index (χ1n) is 4.49. The van der Waals surface area contributed by atoms with Gasteiger partial charge in [0.2, 0.25) is 0 Å². The first-order valence-corrected chi connectivity index (χ1v) is 4.86. The Bertz CT molecular complexity index is 370. The van der Waals surface area contributed by atoms with Gasteiger partial charge in [0.1, 0.15) is 6.29 Å². The van der Waals surface area contributed by atoms with Crippen molar-refractivity contribution in [3.8, 4) is 0 Å².